The molecule has 0 aromatic carbocycles. The summed E-state index contributed by atoms with van der Waals surface area (Å²) in [5.41, 5.74) is 1.06. The van der Waals surface area contributed by atoms with E-state index in [4.69, 9.17) is 13.1 Å². The zero-order chi connectivity index (χ0) is 7.98. The standard InChI is InChI=1S/C8H8BN/c1-3-7(6-10)5-8(9)4-2/h3-5H,2H2,1H3/b7-3+,8-5+. The summed E-state index contributed by atoms with van der Waals surface area (Å²) in [4.78, 5) is 0. The molecule has 0 saturated heterocycles. The van der Waals surface area contributed by atoms with Crippen molar-refractivity contribution in [2.24, 2.45) is 0 Å². The van der Waals surface area contributed by atoms with Gasteiger partial charge < -0.3 is 0 Å². The molecular formula is C8H8BN. The third kappa shape index (κ3) is 2.93. The van der Waals surface area contributed by atoms with Crippen LogP contribution in [0.2, 0.25) is 0 Å². The van der Waals surface area contributed by atoms with Crippen LogP contribution in [0.25, 0.3) is 0 Å². The summed E-state index contributed by atoms with van der Waals surface area (Å²) in [5.74, 6) is 0. The van der Waals surface area contributed by atoms with Crippen molar-refractivity contribution in [3.05, 3.63) is 35.9 Å². The molecule has 0 bridgehead atoms. The molecule has 0 N–H and O–H groups in total. The van der Waals surface area contributed by atoms with E-state index in [1.807, 2.05) is 6.07 Å². The van der Waals surface area contributed by atoms with Gasteiger partial charge in [-0.05, 0) is 6.92 Å². The van der Waals surface area contributed by atoms with Gasteiger partial charge in [0.2, 0.25) is 0 Å². The Labute approximate surface area is 62.8 Å². The van der Waals surface area contributed by atoms with Crippen LogP contribution in [0, 0.1) is 11.3 Å². The first-order chi connectivity index (χ1) is 4.74. The number of nitriles is 1. The van der Waals surface area contributed by atoms with Gasteiger partial charge >= 0.3 is 0 Å². The van der Waals surface area contributed by atoms with Crippen molar-refractivity contribution in [2.75, 3.05) is 0 Å². The number of nitrogens with zero attached hydrogens (tertiary/aromatic N) is 1. The van der Waals surface area contributed by atoms with Crippen LogP contribution in [-0.2, 0) is 0 Å². The van der Waals surface area contributed by atoms with Crippen molar-refractivity contribution in [3.63, 3.8) is 0 Å². The molecule has 0 saturated carbocycles. The Balaban J connectivity index is 4.41. The summed E-state index contributed by atoms with van der Waals surface area (Å²) in [6.07, 6.45) is 4.77. The molecular weight excluding hydrogens is 121 g/mol. The Morgan fingerprint density at radius 1 is 1.70 bits per heavy atom. The van der Waals surface area contributed by atoms with Crippen molar-refractivity contribution in [1.82, 2.24) is 0 Å². The SMILES string of the molecule is [B]/C(C=C)=C/C(C#N)=C\C. The van der Waals surface area contributed by atoms with Gasteiger partial charge in [0.1, 0.15) is 7.85 Å². The summed E-state index contributed by atoms with van der Waals surface area (Å²) in [6, 6.07) is 1.97. The summed E-state index contributed by atoms with van der Waals surface area (Å²) in [7, 11) is 5.38. The first-order valence-corrected chi connectivity index (χ1v) is 2.90. The van der Waals surface area contributed by atoms with Gasteiger partial charge in [-0.3, -0.25) is 0 Å². The van der Waals surface area contributed by atoms with E-state index in [0.717, 1.165) is 0 Å². The molecule has 0 heterocycles. The first kappa shape index (κ1) is 8.77. The Bertz CT molecular complexity index is 218. The van der Waals surface area contributed by atoms with Gasteiger partial charge in [0.05, 0.1) is 6.07 Å². The second-order valence-electron chi connectivity index (χ2n) is 1.70. The van der Waals surface area contributed by atoms with E-state index in [-0.39, 0.29) is 0 Å². The van der Waals surface area contributed by atoms with Crippen LogP contribution >= 0.6 is 0 Å². The van der Waals surface area contributed by atoms with Crippen LogP contribution in [-0.4, -0.2) is 7.85 Å². The summed E-state index contributed by atoms with van der Waals surface area (Å²) in [6.45, 7) is 5.24. The molecule has 0 aromatic rings. The first-order valence-electron chi connectivity index (χ1n) is 2.90. The van der Waals surface area contributed by atoms with E-state index in [0.29, 0.717) is 11.0 Å². The molecule has 0 fully saturated rings. The maximum Gasteiger partial charge on any atom is 0.113 e. The molecule has 0 aliphatic carbocycles. The second kappa shape index (κ2) is 4.63. The predicted octanol–water partition coefficient (Wildman–Crippen LogP) is 1.69. The van der Waals surface area contributed by atoms with Crippen LogP contribution in [0.3, 0.4) is 0 Å². The minimum atomic E-state index is 0.509. The maximum absolute atomic E-state index is 8.42. The number of allylic oxidation sites excluding steroid dienone is 5. The second-order valence-corrected chi connectivity index (χ2v) is 1.70. The minimum Gasteiger partial charge on any atom is -0.192 e. The van der Waals surface area contributed by atoms with Gasteiger partial charge in [-0.2, -0.15) is 5.26 Å². The Hall–Kier alpha value is -1.23. The topological polar surface area (TPSA) is 23.8 Å². The molecule has 0 aliphatic heterocycles. The highest BCUT2D eigenvalue weighted by molar-refractivity contribution is 6.23. The fourth-order valence-corrected chi connectivity index (χ4v) is 0.419. The van der Waals surface area contributed by atoms with Crippen molar-refractivity contribution in [1.29, 1.82) is 5.26 Å². The maximum atomic E-state index is 8.42. The lowest BCUT2D eigenvalue weighted by atomic mass is 9.94. The van der Waals surface area contributed by atoms with E-state index < -0.39 is 0 Å². The molecule has 1 nitrogen and oxygen atoms in total. The minimum absolute atomic E-state index is 0.509. The molecule has 2 heteroatoms. The van der Waals surface area contributed by atoms with Crippen molar-refractivity contribution in [2.45, 2.75) is 6.92 Å². The number of hydrogen-bond acceptors (Lipinski definition) is 1. The molecule has 48 valence electrons. The number of hydrogen-bond donors (Lipinski definition) is 0. The van der Waals surface area contributed by atoms with Gasteiger partial charge in [0.15, 0.2) is 0 Å². The lowest BCUT2D eigenvalue weighted by Gasteiger charge is -1.88. The highest BCUT2D eigenvalue weighted by Crippen LogP contribution is 1.98. The smallest absolute Gasteiger partial charge is 0.113 e. The Morgan fingerprint density at radius 3 is 2.60 bits per heavy atom. The van der Waals surface area contributed by atoms with Crippen molar-refractivity contribution < 1.29 is 0 Å². The van der Waals surface area contributed by atoms with Crippen molar-refractivity contribution in [3.8, 4) is 6.07 Å². The normalized spacial score (nSPS) is 12.4. The summed E-state index contributed by atoms with van der Waals surface area (Å²) < 4.78 is 0. The largest absolute Gasteiger partial charge is 0.192 e. The third-order valence-corrected chi connectivity index (χ3v) is 0.998. The molecule has 10 heavy (non-hydrogen) atoms. The monoisotopic (exact) mass is 129 g/mol. The molecule has 0 unspecified atom stereocenters. The molecule has 0 aromatic heterocycles. The zero-order valence-electron chi connectivity index (χ0n) is 5.96. The van der Waals surface area contributed by atoms with Gasteiger partial charge in [0.25, 0.3) is 0 Å². The van der Waals surface area contributed by atoms with Crippen LogP contribution in [0.1, 0.15) is 6.92 Å². The molecule has 2 radical (unpaired) electrons. The van der Waals surface area contributed by atoms with E-state index in [9.17, 15) is 0 Å². The van der Waals surface area contributed by atoms with E-state index in [1.165, 1.54) is 6.08 Å². The van der Waals surface area contributed by atoms with Gasteiger partial charge in [0, 0.05) is 5.57 Å². The quantitative estimate of drug-likeness (QED) is 0.316. The molecule has 0 spiro atoms. The lowest BCUT2D eigenvalue weighted by Crippen LogP contribution is -1.76. The fourth-order valence-electron chi connectivity index (χ4n) is 0.419. The molecule has 0 aliphatic rings. The highest BCUT2D eigenvalue weighted by atomic mass is 14.2. The molecule has 0 amide bonds. The number of rotatable bonds is 2. The Morgan fingerprint density at radius 2 is 2.30 bits per heavy atom. The average molecular weight is 129 g/mol. The van der Waals surface area contributed by atoms with Crippen LogP contribution in [0.4, 0.5) is 0 Å². The fraction of sp³-hybridized carbons (Fsp3) is 0.125. The van der Waals surface area contributed by atoms with E-state index in [2.05, 4.69) is 6.58 Å². The molecule has 0 rings (SSSR count). The predicted molar refractivity (Wildman–Crippen MR) is 43.4 cm³/mol. The van der Waals surface area contributed by atoms with E-state index in [1.54, 1.807) is 19.1 Å². The van der Waals surface area contributed by atoms with Crippen molar-refractivity contribution >= 4 is 7.85 Å². The lowest BCUT2D eigenvalue weighted by molar-refractivity contribution is 1.48. The van der Waals surface area contributed by atoms with Crippen LogP contribution in [0.5, 0.6) is 0 Å². The summed E-state index contributed by atoms with van der Waals surface area (Å²) >= 11 is 0. The third-order valence-electron chi connectivity index (χ3n) is 0.998. The summed E-state index contributed by atoms with van der Waals surface area (Å²) in [5, 5.41) is 8.42. The molecule has 0 atom stereocenters. The van der Waals surface area contributed by atoms with Crippen LogP contribution in [0.15, 0.2) is 35.9 Å². The average Bonchev–Trinajstić information content (AvgIpc) is 1.99. The Kier molecular flexibility index (Phi) is 4.07. The van der Waals surface area contributed by atoms with E-state index >= 15 is 0 Å². The highest BCUT2D eigenvalue weighted by Gasteiger charge is 1.85. The van der Waals surface area contributed by atoms with Crippen LogP contribution < -0.4 is 0 Å². The van der Waals surface area contributed by atoms with Gasteiger partial charge in [-0.15, -0.1) is 0 Å². The zero-order valence-corrected chi connectivity index (χ0v) is 5.96. The van der Waals surface area contributed by atoms with Gasteiger partial charge in [-0.1, -0.05) is 30.3 Å². The van der Waals surface area contributed by atoms with Gasteiger partial charge in [-0.25, -0.2) is 0 Å².